The van der Waals surface area contributed by atoms with Gasteiger partial charge >= 0.3 is 0 Å². The highest BCUT2D eigenvalue weighted by molar-refractivity contribution is 5.64. The molecule has 1 N–H and O–H groups in total. The first kappa shape index (κ1) is 12.5. The van der Waals surface area contributed by atoms with Crippen molar-refractivity contribution in [1.82, 2.24) is 20.1 Å². The van der Waals surface area contributed by atoms with E-state index in [1.54, 1.807) is 6.33 Å². The third-order valence-corrected chi connectivity index (χ3v) is 2.85. The van der Waals surface area contributed by atoms with Crippen LogP contribution in [0.25, 0.3) is 5.57 Å². The molecule has 0 saturated heterocycles. The number of hydrogen-bond donors (Lipinski definition) is 1. The molecule has 2 aromatic rings. The summed E-state index contributed by atoms with van der Waals surface area (Å²) in [7, 11) is 1.96. The number of aromatic nitrogens is 3. The van der Waals surface area contributed by atoms with Gasteiger partial charge in [-0.2, -0.15) is 0 Å². The predicted octanol–water partition coefficient (Wildman–Crippen LogP) is 1.66. The van der Waals surface area contributed by atoms with Crippen LogP contribution in [-0.4, -0.2) is 27.9 Å². The van der Waals surface area contributed by atoms with Crippen LogP contribution in [0.1, 0.15) is 11.4 Å². The number of nitrogens with one attached hydrogen (secondary N) is 1. The Bertz CT molecular complexity index is 502. The third kappa shape index (κ3) is 3.28. The Hall–Kier alpha value is -1.94. The van der Waals surface area contributed by atoms with Crippen molar-refractivity contribution in [2.24, 2.45) is 7.05 Å². The van der Waals surface area contributed by atoms with E-state index < -0.39 is 0 Å². The quantitative estimate of drug-likeness (QED) is 0.783. The Kier molecular flexibility index (Phi) is 4.25. The molecule has 0 bridgehead atoms. The second kappa shape index (κ2) is 6.12. The molecule has 94 valence electrons. The first-order valence-corrected chi connectivity index (χ1v) is 6.04. The van der Waals surface area contributed by atoms with E-state index >= 15 is 0 Å². The molecule has 0 aliphatic carbocycles. The van der Waals surface area contributed by atoms with Gasteiger partial charge in [-0.1, -0.05) is 36.9 Å². The van der Waals surface area contributed by atoms with Gasteiger partial charge in [0.25, 0.3) is 0 Å². The lowest BCUT2D eigenvalue weighted by Crippen LogP contribution is -2.20. The lowest BCUT2D eigenvalue weighted by Gasteiger charge is -2.07. The molecule has 1 aromatic carbocycles. The van der Waals surface area contributed by atoms with Gasteiger partial charge in [0.05, 0.1) is 0 Å². The predicted molar refractivity (Wildman–Crippen MR) is 73.1 cm³/mol. The van der Waals surface area contributed by atoms with Crippen LogP contribution in [0.3, 0.4) is 0 Å². The number of hydrogen-bond acceptors (Lipinski definition) is 3. The largest absolute Gasteiger partial charge is 0.321 e. The van der Waals surface area contributed by atoms with Gasteiger partial charge in [0.15, 0.2) is 0 Å². The zero-order valence-corrected chi connectivity index (χ0v) is 10.6. The van der Waals surface area contributed by atoms with Crippen molar-refractivity contribution in [3.8, 4) is 0 Å². The summed E-state index contributed by atoms with van der Waals surface area (Å²) in [6.45, 7) is 5.75. The Labute approximate surface area is 107 Å². The van der Waals surface area contributed by atoms with Gasteiger partial charge < -0.3 is 9.88 Å². The van der Waals surface area contributed by atoms with Crippen molar-refractivity contribution in [2.45, 2.75) is 6.42 Å². The average Bonchev–Trinajstić information content (AvgIpc) is 2.81. The smallest absolute Gasteiger partial charge is 0.133 e. The highest BCUT2D eigenvalue weighted by Crippen LogP contribution is 2.09. The van der Waals surface area contributed by atoms with Gasteiger partial charge in [-0.15, -0.1) is 10.2 Å². The summed E-state index contributed by atoms with van der Waals surface area (Å²) in [6.07, 6.45) is 2.59. The van der Waals surface area contributed by atoms with E-state index in [0.29, 0.717) is 0 Å². The van der Waals surface area contributed by atoms with Crippen molar-refractivity contribution < 1.29 is 0 Å². The van der Waals surface area contributed by atoms with Crippen molar-refractivity contribution >= 4 is 5.57 Å². The third-order valence-electron chi connectivity index (χ3n) is 2.85. The molecule has 0 aliphatic heterocycles. The monoisotopic (exact) mass is 242 g/mol. The zero-order chi connectivity index (χ0) is 12.8. The number of benzene rings is 1. The standard InChI is InChI=1S/C14H18N4/c1-12(13-6-4-3-5-7-13)10-15-9-8-14-17-16-11-18(14)2/h3-7,11,15H,1,8-10H2,2H3. The Morgan fingerprint density at radius 2 is 2.11 bits per heavy atom. The molecule has 2 rings (SSSR count). The van der Waals surface area contributed by atoms with Crippen LogP contribution in [-0.2, 0) is 13.5 Å². The van der Waals surface area contributed by atoms with E-state index in [9.17, 15) is 0 Å². The molecular weight excluding hydrogens is 224 g/mol. The van der Waals surface area contributed by atoms with Crippen LogP contribution in [0.5, 0.6) is 0 Å². The van der Waals surface area contributed by atoms with Crippen LogP contribution in [0.4, 0.5) is 0 Å². The van der Waals surface area contributed by atoms with Crippen molar-refractivity contribution in [3.63, 3.8) is 0 Å². The van der Waals surface area contributed by atoms with E-state index in [4.69, 9.17) is 0 Å². The van der Waals surface area contributed by atoms with Crippen LogP contribution in [0, 0.1) is 0 Å². The molecule has 0 saturated carbocycles. The molecule has 0 radical (unpaired) electrons. The maximum atomic E-state index is 4.08. The fourth-order valence-corrected chi connectivity index (χ4v) is 1.75. The van der Waals surface area contributed by atoms with E-state index in [-0.39, 0.29) is 0 Å². The maximum Gasteiger partial charge on any atom is 0.133 e. The molecule has 4 heteroatoms. The molecule has 0 aliphatic rings. The number of nitrogens with zero attached hydrogens (tertiary/aromatic N) is 3. The summed E-state index contributed by atoms with van der Waals surface area (Å²) in [4.78, 5) is 0. The normalized spacial score (nSPS) is 10.5. The molecular formula is C14H18N4. The minimum absolute atomic E-state index is 0.794. The minimum atomic E-state index is 0.794. The second-order valence-electron chi connectivity index (χ2n) is 4.25. The number of aryl methyl sites for hydroxylation is 1. The molecule has 0 amide bonds. The topological polar surface area (TPSA) is 42.7 Å². The van der Waals surface area contributed by atoms with Gasteiger partial charge in [-0.25, -0.2) is 0 Å². The zero-order valence-electron chi connectivity index (χ0n) is 10.6. The molecule has 0 unspecified atom stereocenters. The van der Waals surface area contributed by atoms with Gasteiger partial charge in [0.1, 0.15) is 12.2 Å². The highest BCUT2D eigenvalue weighted by atomic mass is 15.2. The van der Waals surface area contributed by atoms with E-state index in [1.165, 1.54) is 5.56 Å². The summed E-state index contributed by atoms with van der Waals surface area (Å²) < 4.78 is 1.94. The van der Waals surface area contributed by atoms with Crippen molar-refractivity contribution in [2.75, 3.05) is 13.1 Å². The SMILES string of the molecule is C=C(CNCCc1nncn1C)c1ccccc1. The molecule has 0 spiro atoms. The average molecular weight is 242 g/mol. The van der Waals surface area contributed by atoms with Crippen LogP contribution >= 0.6 is 0 Å². The summed E-state index contributed by atoms with van der Waals surface area (Å²) >= 11 is 0. The Morgan fingerprint density at radius 3 is 2.78 bits per heavy atom. The van der Waals surface area contributed by atoms with Crippen molar-refractivity contribution in [1.29, 1.82) is 0 Å². The van der Waals surface area contributed by atoms with Crippen LogP contribution in [0.15, 0.2) is 43.2 Å². The maximum absolute atomic E-state index is 4.08. The summed E-state index contributed by atoms with van der Waals surface area (Å²) in [5.41, 5.74) is 2.29. The molecule has 18 heavy (non-hydrogen) atoms. The first-order valence-electron chi connectivity index (χ1n) is 6.04. The number of rotatable bonds is 6. The summed E-state index contributed by atoms with van der Waals surface area (Å²) in [5.74, 6) is 0.993. The van der Waals surface area contributed by atoms with Crippen LogP contribution < -0.4 is 5.32 Å². The lowest BCUT2D eigenvalue weighted by atomic mass is 10.1. The van der Waals surface area contributed by atoms with E-state index in [0.717, 1.165) is 30.9 Å². The van der Waals surface area contributed by atoms with Gasteiger partial charge in [-0.05, 0) is 11.1 Å². The van der Waals surface area contributed by atoms with Gasteiger partial charge in [0, 0.05) is 26.6 Å². The van der Waals surface area contributed by atoms with Gasteiger partial charge in [0.2, 0.25) is 0 Å². The van der Waals surface area contributed by atoms with Crippen LogP contribution in [0.2, 0.25) is 0 Å². The molecule has 4 nitrogen and oxygen atoms in total. The van der Waals surface area contributed by atoms with E-state index in [2.05, 4.69) is 34.2 Å². The molecule has 0 atom stereocenters. The molecule has 0 fully saturated rings. The van der Waals surface area contributed by atoms with Gasteiger partial charge in [-0.3, -0.25) is 0 Å². The molecule has 1 heterocycles. The minimum Gasteiger partial charge on any atom is -0.321 e. The lowest BCUT2D eigenvalue weighted by molar-refractivity contribution is 0.695. The Morgan fingerprint density at radius 1 is 1.33 bits per heavy atom. The molecule has 1 aromatic heterocycles. The highest BCUT2D eigenvalue weighted by Gasteiger charge is 2.01. The summed E-state index contributed by atoms with van der Waals surface area (Å²) in [6, 6.07) is 10.2. The fraction of sp³-hybridized carbons (Fsp3) is 0.286. The first-order chi connectivity index (χ1) is 8.77. The van der Waals surface area contributed by atoms with E-state index in [1.807, 2.05) is 29.8 Å². The second-order valence-corrected chi connectivity index (χ2v) is 4.25. The van der Waals surface area contributed by atoms with Crippen molar-refractivity contribution in [3.05, 3.63) is 54.6 Å². The summed E-state index contributed by atoms with van der Waals surface area (Å²) in [5, 5.41) is 11.3. The Balaban J connectivity index is 1.73. The fourth-order valence-electron chi connectivity index (χ4n) is 1.75.